The first-order valence-electron chi connectivity index (χ1n) is 9.68. The monoisotopic (exact) mass is 439 g/mol. The van der Waals surface area contributed by atoms with Crippen LogP contribution < -0.4 is 10.2 Å². The number of H-pyrrole nitrogens is 1. The summed E-state index contributed by atoms with van der Waals surface area (Å²) in [5, 5.41) is 4.06. The molecule has 0 aromatic carbocycles. The van der Waals surface area contributed by atoms with Crippen molar-refractivity contribution in [1.82, 2.24) is 20.3 Å². The molecular weight excluding hydrogens is 422 g/mol. The number of nitrogens with one attached hydrogen (secondary N) is 2. The number of methoxy groups -OCH3 is 1. The lowest BCUT2D eigenvalue weighted by Crippen LogP contribution is -2.48. The number of esters is 1. The minimum absolute atomic E-state index is 0.190. The molecule has 1 aliphatic carbocycles. The van der Waals surface area contributed by atoms with Gasteiger partial charge in [0.25, 0.3) is 5.91 Å². The number of hydrogen-bond acceptors (Lipinski definition) is 6. The van der Waals surface area contributed by atoms with Gasteiger partial charge in [-0.2, -0.15) is 0 Å². The van der Waals surface area contributed by atoms with Gasteiger partial charge in [-0.05, 0) is 36.6 Å². The number of nitrogens with zero attached hydrogens (tertiary/aromatic N) is 3. The number of rotatable bonds is 4. The van der Waals surface area contributed by atoms with Crippen molar-refractivity contribution in [3.05, 3.63) is 53.2 Å². The predicted octanol–water partition coefficient (Wildman–Crippen LogP) is 1.86. The molecule has 1 saturated carbocycles. The van der Waals surface area contributed by atoms with E-state index in [0.29, 0.717) is 34.9 Å². The molecule has 3 aromatic rings. The second-order valence-corrected chi connectivity index (χ2v) is 8.20. The van der Waals surface area contributed by atoms with Crippen LogP contribution in [-0.2, 0) is 20.7 Å². The first-order chi connectivity index (χ1) is 14.9. The van der Waals surface area contributed by atoms with Gasteiger partial charge in [0.2, 0.25) is 5.91 Å². The highest BCUT2D eigenvalue weighted by Crippen LogP contribution is 2.54. The molecule has 0 radical (unpaired) electrons. The number of halogens is 1. The highest BCUT2D eigenvalue weighted by Gasteiger charge is 2.64. The lowest BCUT2D eigenvalue weighted by molar-refractivity contribution is -0.140. The van der Waals surface area contributed by atoms with Crippen LogP contribution in [0.4, 0.5) is 5.69 Å². The molecule has 2 unspecified atom stereocenters. The Balaban J connectivity index is 1.39. The Morgan fingerprint density at radius 1 is 1.39 bits per heavy atom. The van der Waals surface area contributed by atoms with Gasteiger partial charge in [0.05, 0.1) is 29.9 Å². The minimum atomic E-state index is -0.795. The highest BCUT2D eigenvalue weighted by atomic mass is 35.5. The van der Waals surface area contributed by atoms with Crippen molar-refractivity contribution in [2.24, 2.45) is 5.41 Å². The molecule has 3 aromatic heterocycles. The molecule has 1 spiro atoms. The average Bonchev–Trinajstić information content (AvgIpc) is 3.25. The van der Waals surface area contributed by atoms with E-state index in [4.69, 9.17) is 16.3 Å². The number of aromatic amines is 1. The first-order valence-corrected chi connectivity index (χ1v) is 10.1. The average molecular weight is 440 g/mol. The summed E-state index contributed by atoms with van der Waals surface area (Å²) in [4.78, 5) is 50.7. The SMILES string of the molecule is COC(=O)CN1C(=O)C2(Cc3cnccc31)CC2NC(=O)c1cc2cc(Cl)ncc2[nH]1. The largest absolute Gasteiger partial charge is 0.468 e. The molecule has 4 heterocycles. The van der Waals surface area contributed by atoms with Gasteiger partial charge in [-0.15, -0.1) is 0 Å². The maximum Gasteiger partial charge on any atom is 0.325 e. The van der Waals surface area contributed by atoms with Crippen molar-refractivity contribution in [2.75, 3.05) is 18.6 Å². The summed E-state index contributed by atoms with van der Waals surface area (Å²) in [6, 6.07) is 4.72. The Hall–Kier alpha value is -3.46. The number of fused-ring (bicyclic) bond motifs is 2. The van der Waals surface area contributed by atoms with Gasteiger partial charge in [0, 0.05) is 23.8 Å². The van der Waals surface area contributed by atoms with Crippen LogP contribution in [0.3, 0.4) is 0 Å². The molecule has 31 heavy (non-hydrogen) atoms. The number of carbonyl (C=O) groups excluding carboxylic acids is 3. The fourth-order valence-corrected chi connectivity index (χ4v) is 4.42. The molecule has 10 heteroatoms. The number of hydrogen-bond donors (Lipinski definition) is 2. The van der Waals surface area contributed by atoms with Crippen molar-refractivity contribution in [3.8, 4) is 0 Å². The Morgan fingerprint density at radius 2 is 2.23 bits per heavy atom. The van der Waals surface area contributed by atoms with Crippen LogP contribution >= 0.6 is 11.6 Å². The number of ether oxygens (including phenoxy) is 1. The fraction of sp³-hybridized carbons (Fsp3) is 0.286. The quantitative estimate of drug-likeness (QED) is 0.473. The second kappa shape index (κ2) is 7.05. The van der Waals surface area contributed by atoms with E-state index in [1.165, 1.54) is 12.0 Å². The van der Waals surface area contributed by atoms with Crippen molar-refractivity contribution in [1.29, 1.82) is 0 Å². The molecule has 2 atom stereocenters. The zero-order chi connectivity index (χ0) is 21.8. The van der Waals surface area contributed by atoms with Gasteiger partial charge >= 0.3 is 5.97 Å². The molecule has 2 amide bonds. The lowest BCUT2D eigenvalue weighted by Gasteiger charge is -2.34. The van der Waals surface area contributed by atoms with E-state index in [-0.39, 0.29) is 24.4 Å². The first kappa shape index (κ1) is 19.5. The van der Waals surface area contributed by atoms with E-state index >= 15 is 0 Å². The van der Waals surface area contributed by atoms with Crippen molar-refractivity contribution in [2.45, 2.75) is 18.9 Å². The molecule has 2 N–H and O–H groups in total. The molecule has 1 fully saturated rings. The van der Waals surface area contributed by atoms with Crippen LogP contribution in [0, 0.1) is 5.41 Å². The van der Waals surface area contributed by atoms with Crippen molar-refractivity contribution >= 4 is 46.0 Å². The number of carbonyl (C=O) groups is 3. The normalized spacial score (nSPS) is 21.8. The molecule has 9 nitrogen and oxygen atoms in total. The maximum atomic E-state index is 13.3. The Morgan fingerprint density at radius 3 is 3.03 bits per heavy atom. The van der Waals surface area contributed by atoms with Gasteiger partial charge in [-0.25, -0.2) is 4.98 Å². The smallest absolute Gasteiger partial charge is 0.325 e. The van der Waals surface area contributed by atoms with Gasteiger partial charge in [0.15, 0.2) is 0 Å². The van der Waals surface area contributed by atoms with E-state index in [0.717, 1.165) is 10.9 Å². The number of pyridine rings is 2. The maximum absolute atomic E-state index is 13.3. The van der Waals surface area contributed by atoms with Gasteiger partial charge in [-0.3, -0.25) is 19.4 Å². The van der Waals surface area contributed by atoms with E-state index in [1.807, 2.05) is 0 Å². The van der Waals surface area contributed by atoms with Crippen LogP contribution in [0.25, 0.3) is 10.9 Å². The molecule has 158 valence electrons. The summed E-state index contributed by atoms with van der Waals surface area (Å²) in [6.07, 6.45) is 5.77. The van der Waals surface area contributed by atoms with E-state index in [9.17, 15) is 14.4 Å². The third kappa shape index (κ3) is 3.21. The molecule has 0 bridgehead atoms. The van der Waals surface area contributed by atoms with Crippen LogP contribution in [0.1, 0.15) is 22.5 Å². The summed E-state index contributed by atoms with van der Waals surface area (Å²) < 4.78 is 4.75. The van der Waals surface area contributed by atoms with Gasteiger partial charge < -0.3 is 19.9 Å². The zero-order valence-electron chi connectivity index (χ0n) is 16.5. The van der Waals surface area contributed by atoms with Gasteiger partial charge in [-0.1, -0.05) is 11.6 Å². The topological polar surface area (TPSA) is 117 Å². The zero-order valence-corrected chi connectivity index (χ0v) is 17.3. The van der Waals surface area contributed by atoms with E-state index in [1.54, 1.807) is 36.8 Å². The Bertz CT molecular complexity index is 1240. The van der Waals surface area contributed by atoms with Crippen LogP contribution in [0.2, 0.25) is 5.15 Å². The highest BCUT2D eigenvalue weighted by molar-refractivity contribution is 6.30. The number of amides is 2. The summed E-state index contributed by atoms with van der Waals surface area (Å²) in [6.45, 7) is -0.190. The van der Waals surface area contributed by atoms with Crippen LogP contribution in [0.5, 0.6) is 0 Å². The van der Waals surface area contributed by atoms with Crippen LogP contribution in [-0.4, -0.2) is 52.4 Å². The van der Waals surface area contributed by atoms with E-state index < -0.39 is 11.4 Å². The Kier molecular flexibility index (Phi) is 4.44. The molecule has 5 rings (SSSR count). The predicted molar refractivity (Wildman–Crippen MR) is 112 cm³/mol. The van der Waals surface area contributed by atoms with Crippen LogP contribution in [0.15, 0.2) is 36.8 Å². The third-order valence-electron chi connectivity index (χ3n) is 5.96. The summed E-state index contributed by atoms with van der Waals surface area (Å²) in [5.74, 6) is -1.03. The molecule has 0 saturated heterocycles. The fourth-order valence-electron chi connectivity index (χ4n) is 4.25. The minimum Gasteiger partial charge on any atom is -0.468 e. The number of aromatic nitrogens is 3. The molecule has 2 aliphatic rings. The second-order valence-electron chi connectivity index (χ2n) is 7.81. The van der Waals surface area contributed by atoms with Crippen molar-refractivity contribution < 1.29 is 19.1 Å². The Labute approximate surface area is 181 Å². The summed E-state index contributed by atoms with van der Waals surface area (Å²) in [7, 11) is 1.28. The summed E-state index contributed by atoms with van der Waals surface area (Å²) in [5.41, 5.74) is 1.76. The molecular formula is C21H18ClN5O4. The summed E-state index contributed by atoms with van der Waals surface area (Å²) >= 11 is 5.91. The third-order valence-corrected chi connectivity index (χ3v) is 6.16. The van der Waals surface area contributed by atoms with Crippen molar-refractivity contribution in [3.63, 3.8) is 0 Å². The standard InChI is InChI=1S/C21H18ClN5O4/c1-31-18(28)10-27-15-2-3-23-8-12(15)6-21(20(27)30)7-16(21)26-19(29)13-4-11-5-17(22)24-9-14(11)25-13/h2-5,8-9,16,25H,6-7,10H2,1H3,(H,26,29). The van der Waals surface area contributed by atoms with E-state index in [2.05, 4.69) is 20.3 Å². The lowest BCUT2D eigenvalue weighted by atomic mass is 9.89. The molecule has 1 aliphatic heterocycles. The number of anilines is 1. The van der Waals surface area contributed by atoms with Gasteiger partial charge in [0.1, 0.15) is 17.4 Å².